The minimum absolute atomic E-state index is 0.267. The van der Waals surface area contributed by atoms with E-state index in [1.54, 1.807) is 18.3 Å². The number of amides is 1. The molecule has 1 amide bonds. The summed E-state index contributed by atoms with van der Waals surface area (Å²) in [5.41, 5.74) is 11.5. The van der Waals surface area contributed by atoms with Crippen molar-refractivity contribution in [3.8, 4) is 5.75 Å². The highest BCUT2D eigenvalue weighted by molar-refractivity contribution is 5.86. The van der Waals surface area contributed by atoms with Crippen LogP contribution < -0.4 is 15.6 Å². The minimum atomic E-state index is -0.498. The van der Waals surface area contributed by atoms with Gasteiger partial charge in [0.15, 0.2) is 0 Å². The van der Waals surface area contributed by atoms with Gasteiger partial charge in [-0.05, 0) is 72.7 Å². The van der Waals surface area contributed by atoms with Gasteiger partial charge in [-0.25, -0.2) is 14.2 Å². The smallest absolute Gasteiger partial charge is 0.409 e. The molecule has 2 aromatic carbocycles. The first-order valence-electron chi connectivity index (χ1n) is 11.8. The molecule has 1 aliphatic heterocycles. The summed E-state index contributed by atoms with van der Waals surface area (Å²) in [5.74, 6) is 0.220. The quantitative estimate of drug-likeness (QED) is 0.380. The highest BCUT2D eigenvalue weighted by Crippen LogP contribution is 2.25. The largest absolute Gasteiger partial charge is 0.427 e. The molecule has 0 saturated heterocycles. The van der Waals surface area contributed by atoms with Crippen LogP contribution in [0.2, 0.25) is 0 Å². The Morgan fingerprint density at radius 3 is 2.89 bits per heavy atom. The molecule has 7 nitrogen and oxygen atoms in total. The Balaban J connectivity index is 1.17. The van der Waals surface area contributed by atoms with E-state index in [1.165, 1.54) is 17.3 Å². The predicted molar refractivity (Wildman–Crippen MR) is 133 cm³/mol. The second-order valence-electron chi connectivity index (χ2n) is 8.78. The molecule has 8 heteroatoms. The summed E-state index contributed by atoms with van der Waals surface area (Å²) in [6.45, 7) is 4.10. The fourth-order valence-electron chi connectivity index (χ4n) is 4.50. The molecule has 180 valence electrons. The number of hydrogen-bond donors (Lipinski definition) is 2. The summed E-state index contributed by atoms with van der Waals surface area (Å²) in [6.07, 6.45) is 6.67. The summed E-state index contributed by atoms with van der Waals surface area (Å²) in [5, 5.41) is 2.88. The van der Waals surface area contributed by atoms with Crippen molar-refractivity contribution < 1.29 is 13.9 Å². The number of fused-ring (bicyclic) bond motifs is 2. The molecule has 4 aromatic rings. The van der Waals surface area contributed by atoms with E-state index in [-0.39, 0.29) is 5.82 Å². The van der Waals surface area contributed by atoms with Crippen LogP contribution in [0.25, 0.3) is 10.9 Å². The minimum Gasteiger partial charge on any atom is -0.409 e. The lowest BCUT2D eigenvalue weighted by Crippen LogP contribution is -2.46. The SMILES string of the molecule is Cc1cn(NCCCc2ccncc2F)c2ccc(OC(=O)NN3CCc4ccccc4C3)cc12. The van der Waals surface area contributed by atoms with Crippen LogP contribution >= 0.6 is 0 Å². The predicted octanol–water partition coefficient (Wildman–Crippen LogP) is 4.72. The number of hydrazine groups is 1. The molecule has 2 aromatic heterocycles. The van der Waals surface area contributed by atoms with Crippen molar-refractivity contribution >= 4 is 17.0 Å². The average Bonchev–Trinajstić information content (AvgIpc) is 3.17. The molecule has 1 aliphatic rings. The molecule has 0 atom stereocenters. The van der Waals surface area contributed by atoms with Gasteiger partial charge in [0.25, 0.3) is 0 Å². The first-order chi connectivity index (χ1) is 17.1. The Bertz CT molecular complexity index is 1350. The van der Waals surface area contributed by atoms with Gasteiger partial charge in [0, 0.05) is 37.4 Å². The molecule has 2 N–H and O–H groups in total. The van der Waals surface area contributed by atoms with Gasteiger partial charge in [-0.1, -0.05) is 24.3 Å². The van der Waals surface area contributed by atoms with E-state index in [1.807, 2.05) is 47.1 Å². The standard InChI is InChI=1S/C27H28FN5O2/c1-19-17-33(30-12-4-7-21-10-13-29-16-25(21)28)26-9-8-23(15-24(19)26)35-27(34)31-32-14-11-20-5-2-3-6-22(20)18-32/h2-3,5-6,8-10,13,15-17,30H,4,7,11-12,14,18H2,1H3,(H,31,34). The third-order valence-corrected chi connectivity index (χ3v) is 6.33. The lowest BCUT2D eigenvalue weighted by molar-refractivity contribution is 0.135. The molecule has 0 bridgehead atoms. The lowest BCUT2D eigenvalue weighted by atomic mass is 10.0. The lowest BCUT2D eigenvalue weighted by Gasteiger charge is -2.28. The van der Waals surface area contributed by atoms with Crippen LogP contribution in [-0.2, 0) is 19.4 Å². The van der Waals surface area contributed by atoms with Gasteiger partial charge in [-0.2, -0.15) is 0 Å². The molecule has 0 radical (unpaired) electrons. The maximum atomic E-state index is 13.7. The Kier molecular flexibility index (Phi) is 6.63. The van der Waals surface area contributed by atoms with Crippen molar-refractivity contribution in [3.63, 3.8) is 0 Å². The maximum absolute atomic E-state index is 13.7. The second kappa shape index (κ2) is 10.1. The molecule has 0 saturated carbocycles. The first-order valence-corrected chi connectivity index (χ1v) is 11.8. The fourth-order valence-corrected chi connectivity index (χ4v) is 4.50. The molecule has 0 fully saturated rings. The number of aromatic nitrogens is 2. The van der Waals surface area contributed by atoms with Crippen LogP contribution in [0.5, 0.6) is 5.75 Å². The van der Waals surface area contributed by atoms with E-state index < -0.39 is 6.09 Å². The third-order valence-electron chi connectivity index (χ3n) is 6.33. The van der Waals surface area contributed by atoms with Crippen molar-refractivity contribution in [2.75, 3.05) is 18.5 Å². The summed E-state index contributed by atoms with van der Waals surface area (Å²) in [6, 6.07) is 15.6. The number of carbonyl (C=O) groups is 1. The van der Waals surface area contributed by atoms with E-state index in [4.69, 9.17) is 4.74 Å². The number of benzene rings is 2. The summed E-state index contributed by atoms with van der Waals surface area (Å²) in [4.78, 5) is 16.3. The van der Waals surface area contributed by atoms with Crippen LogP contribution in [0.4, 0.5) is 9.18 Å². The number of nitrogens with zero attached hydrogens (tertiary/aromatic N) is 3. The highest BCUT2D eigenvalue weighted by Gasteiger charge is 2.18. The molecular formula is C27H28FN5O2. The zero-order valence-electron chi connectivity index (χ0n) is 19.6. The van der Waals surface area contributed by atoms with Crippen molar-refractivity contribution in [2.45, 2.75) is 32.7 Å². The molecular weight excluding hydrogens is 445 g/mol. The van der Waals surface area contributed by atoms with E-state index in [0.717, 1.165) is 35.9 Å². The number of hydrogen-bond acceptors (Lipinski definition) is 5. The molecule has 0 aliphatic carbocycles. The van der Waals surface area contributed by atoms with Crippen LogP contribution in [0.3, 0.4) is 0 Å². The van der Waals surface area contributed by atoms with Gasteiger partial charge in [0.2, 0.25) is 0 Å². The van der Waals surface area contributed by atoms with Crippen molar-refractivity contribution in [1.82, 2.24) is 20.1 Å². The number of pyridine rings is 1. The van der Waals surface area contributed by atoms with E-state index in [0.29, 0.717) is 30.8 Å². The number of nitrogens with one attached hydrogen (secondary N) is 2. The summed E-state index contributed by atoms with van der Waals surface area (Å²) < 4.78 is 21.3. The molecule has 0 spiro atoms. The fraction of sp³-hybridized carbons (Fsp3) is 0.259. The highest BCUT2D eigenvalue weighted by atomic mass is 19.1. The number of halogens is 1. The average molecular weight is 474 g/mol. The van der Waals surface area contributed by atoms with Crippen LogP contribution in [0.1, 0.15) is 28.7 Å². The zero-order chi connectivity index (χ0) is 24.2. The molecule has 5 rings (SSSR count). The first kappa shape index (κ1) is 22.9. The third kappa shape index (κ3) is 5.27. The Morgan fingerprint density at radius 1 is 1.17 bits per heavy atom. The topological polar surface area (TPSA) is 71.4 Å². The molecule has 35 heavy (non-hydrogen) atoms. The number of aryl methyl sites for hydroxylation is 2. The molecule has 3 heterocycles. The van der Waals surface area contributed by atoms with Crippen LogP contribution in [-0.4, -0.2) is 33.9 Å². The monoisotopic (exact) mass is 473 g/mol. The Labute approximate surface area is 203 Å². The van der Waals surface area contributed by atoms with Crippen molar-refractivity contribution in [2.24, 2.45) is 0 Å². The van der Waals surface area contributed by atoms with Crippen LogP contribution in [0, 0.1) is 12.7 Å². The molecule has 0 unspecified atom stereocenters. The second-order valence-corrected chi connectivity index (χ2v) is 8.78. The van der Waals surface area contributed by atoms with E-state index in [9.17, 15) is 9.18 Å². The van der Waals surface area contributed by atoms with Gasteiger partial charge >= 0.3 is 6.09 Å². The zero-order valence-corrected chi connectivity index (χ0v) is 19.6. The van der Waals surface area contributed by atoms with E-state index in [2.05, 4.69) is 28.0 Å². The normalized spacial score (nSPS) is 13.4. The number of ether oxygens (including phenoxy) is 1. The van der Waals surface area contributed by atoms with Crippen molar-refractivity contribution in [3.05, 3.63) is 95.2 Å². The van der Waals surface area contributed by atoms with Gasteiger partial charge in [0.05, 0.1) is 11.7 Å². The van der Waals surface area contributed by atoms with E-state index >= 15 is 0 Å². The van der Waals surface area contributed by atoms with Gasteiger partial charge < -0.3 is 10.2 Å². The summed E-state index contributed by atoms with van der Waals surface area (Å²) >= 11 is 0. The van der Waals surface area contributed by atoms with Gasteiger partial charge in [-0.3, -0.25) is 15.1 Å². The number of carbonyl (C=O) groups excluding carboxylic acids is 1. The Hall–Kier alpha value is -3.91. The van der Waals surface area contributed by atoms with Crippen molar-refractivity contribution in [1.29, 1.82) is 0 Å². The Morgan fingerprint density at radius 2 is 2.03 bits per heavy atom. The van der Waals surface area contributed by atoms with Gasteiger partial charge in [-0.15, -0.1) is 0 Å². The maximum Gasteiger partial charge on any atom is 0.427 e. The number of rotatable bonds is 7. The van der Waals surface area contributed by atoms with Gasteiger partial charge in [0.1, 0.15) is 11.6 Å². The van der Waals surface area contributed by atoms with Crippen LogP contribution in [0.15, 0.2) is 67.1 Å². The summed E-state index contributed by atoms with van der Waals surface area (Å²) in [7, 11) is 0.